The van der Waals surface area contributed by atoms with E-state index in [2.05, 4.69) is 28.1 Å². The van der Waals surface area contributed by atoms with Gasteiger partial charge in [0, 0.05) is 30.0 Å². The summed E-state index contributed by atoms with van der Waals surface area (Å²) in [6.07, 6.45) is -8.41. The van der Waals surface area contributed by atoms with E-state index in [0.29, 0.717) is 24.9 Å². The van der Waals surface area contributed by atoms with Crippen molar-refractivity contribution in [2.45, 2.75) is 52.1 Å². The Hall–Kier alpha value is -3.45. The van der Waals surface area contributed by atoms with Crippen molar-refractivity contribution in [3.8, 4) is 10.6 Å². The fourth-order valence-corrected chi connectivity index (χ4v) is 4.74. The van der Waals surface area contributed by atoms with Gasteiger partial charge in [-0.3, -0.25) is 9.69 Å². The third-order valence-corrected chi connectivity index (χ3v) is 6.88. The number of hydrogen-bond donors (Lipinski definition) is 1. The van der Waals surface area contributed by atoms with Crippen molar-refractivity contribution >= 4 is 23.3 Å². The minimum absolute atomic E-state index is 0.214. The highest BCUT2D eigenvalue weighted by Gasteiger charge is 2.38. The lowest BCUT2D eigenvalue weighted by atomic mass is 10.0. The number of hydrogen-bond acceptors (Lipinski definition) is 6. The van der Waals surface area contributed by atoms with E-state index in [1.807, 2.05) is 20.9 Å². The highest BCUT2D eigenvalue weighted by molar-refractivity contribution is 7.15. The third-order valence-electron chi connectivity index (χ3n) is 5.69. The van der Waals surface area contributed by atoms with Gasteiger partial charge in [-0.25, -0.2) is 9.78 Å². The summed E-state index contributed by atoms with van der Waals surface area (Å²) in [5, 5.41) is 7.84. The van der Waals surface area contributed by atoms with Crippen LogP contribution in [0.1, 0.15) is 39.2 Å². The van der Waals surface area contributed by atoms with Gasteiger partial charge < -0.3 is 9.84 Å². The van der Waals surface area contributed by atoms with E-state index >= 15 is 0 Å². The molecule has 1 heterocycles. The molecule has 0 spiro atoms. The van der Waals surface area contributed by atoms with E-state index in [1.54, 1.807) is 0 Å². The number of carbonyl (C=O) groups is 2. The van der Waals surface area contributed by atoms with Crippen LogP contribution in [0.25, 0.3) is 10.6 Å². The highest BCUT2D eigenvalue weighted by Crippen LogP contribution is 2.33. The van der Waals surface area contributed by atoms with Crippen LogP contribution in [-0.2, 0) is 40.0 Å². The lowest BCUT2D eigenvalue weighted by Crippen LogP contribution is -2.21. The van der Waals surface area contributed by atoms with Crippen LogP contribution in [0.3, 0.4) is 0 Å². The van der Waals surface area contributed by atoms with Gasteiger partial charge >= 0.3 is 24.3 Å². The maximum Gasteiger partial charge on any atom is 0.490 e. The Morgan fingerprint density at radius 2 is 1.60 bits per heavy atom. The first kappa shape index (κ1) is 32.8. The average Bonchev–Trinajstić information content (AvgIpc) is 3.22. The largest absolute Gasteiger partial charge is 0.490 e. The number of carboxylic acids is 1. The number of nitrogens with zero attached hydrogens (tertiary/aromatic N) is 2. The number of thiazole rings is 1. The van der Waals surface area contributed by atoms with Gasteiger partial charge in [0.1, 0.15) is 5.01 Å². The Morgan fingerprint density at radius 1 is 1.00 bits per heavy atom. The number of aromatic nitrogens is 1. The smallest absolute Gasteiger partial charge is 0.475 e. The zero-order chi connectivity index (χ0) is 30.3. The molecule has 0 unspecified atom stereocenters. The van der Waals surface area contributed by atoms with E-state index in [0.717, 1.165) is 45.4 Å². The second-order valence-corrected chi connectivity index (χ2v) is 10.00. The minimum atomic E-state index is -5.08. The zero-order valence-electron chi connectivity index (χ0n) is 22.1. The molecule has 1 aromatic heterocycles. The molecule has 0 aliphatic carbocycles. The molecule has 3 aromatic rings. The summed E-state index contributed by atoms with van der Waals surface area (Å²) in [6, 6.07) is 11.4. The van der Waals surface area contributed by atoms with Gasteiger partial charge in [-0.2, -0.15) is 26.3 Å². The monoisotopic (exact) mass is 590 g/mol. The Balaban J connectivity index is 0.000000708. The first-order valence-electron chi connectivity index (χ1n) is 11.8. The van der Waals surface area contributed by atoms with Gasteiger partial charge in [0.05, 0.1) is 18.4 Å². The first-order chi connectivity index (χ1) is 18.5. The molecule has 0 amide bonds. The standard InChI is InChI=1S/C25H27F3N2O2S.C2HF3O2/c1-16-13-18(5-6-19(16)9-12-23(31)32-4)14-30(3)15-22-17(2)29-24(33-22)20-7-10-21(11-8-20)25(26,27)28;3-2(4,5)1(6)7/h5-8,10-11,13H,9,12,14-15H2,1-4H3;(H,6,7). The van der Waals surface area contributed by atoms with Gasteiger partial charge in [0.25, 0.3) is 0 Å². The van der Waals surface area contributed by atoms with Gasteiger partial charge in [-0.05, 0) is 56.1 Å². The zero-order valence-corrected chi connectivity index (χ0v) is 22.9. The van der Waals surface area contributed by atoms with Crippen molar-refractivity contribution in [1.82, 2.24) is 9.88 Å². The summed E-state index contributed by atoms with van der Waals surface area (Å²) in [7, 11) is 3.42. The Morgan fingerprint density at radius 3 is 2.10 bits per heavy atom. The van der Waals surface area contributed by atoms with E-state index in [-0.39, 0.29) is 5.97 Å². The van der Waals surface area contributed by atoms with Gasteiger partial charge in [0.2, 0.25) is 0 Å². The summed E-state index contributed by atoms with van der Waals surface area (Å²) in [6.45, 7) is 5.39. The molecule has 0 aliphatic heterocycles. The number of aliphatic carboxylic acids is 1. The van der Waals surface area contributed by atoms with Gasteiger partial charge in [-0.15, -0.1) is 11.3 Å². The second kappa shape index (κ2) is 13.8. The summed E-state index contributed by atoms with van der Waals surface area (Å²) in [4.78, 5) is 28.1. The van der Waals surface area contributed by atoms with Crippen LogP contribution in [0.15, 0.2) is 42.5 Å². The normalized spacial score (nSPS) is 11.7. The van der Waals surface area contributed by atoms with Crippen LogP contribution in [0, 0.1) is 13.8 Å². The van der Waals surface area contributed by atoms with Crippen molar-refractivity contribution in [1.29, 1.82) is 0 Å². The Bertz CT molecular complexity index is 1300. The molecular formula is C27H28F6N2O4S. The number of ether oxygens (including phenoxy) is 1. The quantitative estimate of drug-likeness (QED) is 0.229. The molecule has 0 saturated carbocycles. The van der Waals surface area contributed by atoms with Crippen molar-refractivity contribution in [2.24, 2.45) is 0 Å². The predicted octanol–water partition coefficient (Wildman–Crippen LogP) is 6.82. The topological polar surface area (TPSA) is 79.7 Å². The predicted molar refractivity (Wildman–Crippen MR) is 138 cm³/mol. The van der Waals surface area contributed by atoms with E-state index in [9.17, 15) is 31.1 Å². The Kier molecular flexibility index (Phi) is 11.3. The third kappa shape index (κ3) is 9.94. The SMILES string of the molecule is COC(=O)CCc1ccc(CN(C)Cc2sc(-c3ccc(C(F)(F)F)cc3)nc2C)cc1C.O=C(O)C(F)(F)F. The molecule has 0 atom stereocenters. The van der Waals surface area contributed by atoms with Crippen LogP contribution in [-0.4, -0.2) is 47.3 Å². The lowest BCUT2D eigenvalue weighted by molar-refractivity contribution is -0.192. The second-order valence-electron chi connectivity index (χ2n) is 8.91. The number of esters is 1. The van der Waals surface area contributed by atoms with E-state index < -0.39 is 23.9 Å². The minimum Gasteiger partial charge on any atom is -0.475 e. The summed E-state index contributed by atoms with van der Waals surface area (Å²) in [5.41, 5.74) is 4.35. The molecule has 1 N–H and O–H groups in total. The van der Waals surface area contributed by atoms with Crippen LogP contribution < -0.4 is 0 Å². The lowest BCUT2D eigenvalue weighted by Gasteiger charge is -2.17. The molecule has 0 aliphatic rings. The van der Waals surface area contributed by atoms with Crippen LogP contribution >= 0.6 is 11.3 Å². The average molecular weight is 591 g/mol. The maximum absolute atomic E-state index is 12.8. The van der Waals surface area contributed by atoms with Crippen molar-refractivity contribution in [2.75, 3.05) is 14.2 Å². The molecule has 0 saturated heterocycles. The molecule has 0 radical (unpaired) electrons. The number of methoxy groups -OCH3 is 1. The fraction of sp³-hybridized carbons (Fsp3) is 0.370. The summed E-state index contributed by atoms with van der Waals surface area (Å²) < 4.78 is 74.9. The fourth-order valence-electron chi connectivity index (χ4n) is 3.59. The molecule has 13 heteroatoms. The number of carboxylic acid groups (broad SMARTS) is 1. The number of aryl methyl sites for hydroxylation is 3. The molecule has 0 fully saturated rings. The number of halogens is 6. The van der Waals surface area contributed by atoms with Crippen LogP contribution in [0.2, 0.25) is 0 Å². The molecule has 3 rings (SSSR count). The van der Waals surface area contributed by atoms with Crippen LogP contribution in [0.5, 0.6) is 0 Å². The van der Waals surface area contributed by atoms with Crippen molar-refractivity contribution in [3.05, 3.63) is 75.3 Å². The van der Waals surface area contributed by atoms with Gasteiger partial charge in [0.15, 0.2) is 0 Å². The molecule has 0 bridgehead atoms. The Labute approximate surface area is 231 Å². The molecule has 218 valence electrons. The molecule has 2 aromatic carbocycles. The molecule has 6 nitrogen and oxygen atoms in total. The van der Waals surface area contributed by atoms with Crippen LogP contribution in [0.4, 0.5) is 26.3 Å². The molecule has 40 heavy (non-hydrogen) atoms. The summed E-state index contributed by atoms with van der Waals surface area (Å²) >= 11 is 1.50. The number of benzene rings is 2. The van der Waals surface area contributed by atoms with Gasteiger partial charge in [-0.1, -0.05) is 30.3 Å². The van der Waals surface area contributed by atoms with Crippen molar-refractivity contribution in [3.63, 3.8) is 0 Å². The molecular weight excluding hydrogens is 562 g/mol. The first-order valence-corrected chi connectivity index (χ1v) is 12.6. The van der Waals surface area contributed by atoms with E-state index in [4.69, 9.17) is 14.6 Å². The van der Waals surface area contributed by atoms with Crippen molar-refractivity contribution < 1.29 is 45.8 Å². The highest BCUT2D eigenvalue weighted by atomic mass is 32.1. The number of carbonyl (C=O) groups excluding carboxylic acids is 1. The number of alkyl halides is 6. The van der Waals surface area contributed by atoms with E-state index in [1.165, 1.54) is 36.1 Å². The maximum atomic E-state index is 12.8. The summed E-state index contributed by atoms with van der Waals surface area (Å²) in [5.74, 6) is -2.97. The number of rotatable bonds is 8.